The summed E-state index contributed by atoms with van der Waals surface area (Å²) >= 11 is 3.37. The number of ether oxygens (including phenoxy) is 1. The first-order chi connectivity index (χ1) is 14.0. The molecule has 2 amide bonds. The van der Waals surface area contributed by atoms with Gasteiger partial charge in [-0.25, -0.2) is 0 Å². The number of rotatable bonds is 7. The van der Waals surface area contributed by atoms with Gasteiger partial charge in [0, 0.05) is 22.3 Å². The molecule has 6 heteroatoms. The highest BCUT2D eigenvalue weighted by atomic mass is 79.9. The molecule has 0 spiro atoms. The van der Waals surface area contributed by atoms with Crippen LogP contribution in [0.3, 0.4) is 0 Å². The molecule has 0 unspecified atom stereocenters. The van der Waals surface area contributed by atoms with Gasteiger partial charge in [-0.15, -0.1) is 0 Å². The van der Waals surface area contributed by atoms with E-state index in [-0.39, 0.29) is 11.8 Å². The van der Waals surface area contributed by atoms with Crippen molar-refractivity contribution in [3.8, 4) is 5.75 Å². The van der Waals surface area contributed by atoms with Crippen LogP contribution in [0.25, 0.3) is 0 Å². The van der Waals surface area contributed by atoms with Crippen LogP contribution < -0.4 is 15.4 Å². The molecule has 0 atom stereocenters. The maximum Gasteiger partial charge on any atom is 0.259 e. The molecular formula is C23H21BrN2O3. The Kier molecular flexibility index (Phi) is 7.03. The SMILES string of the molecule is COc1ccc(Br)cc1C(=O)Nc1cccc(NC(=O)CCc2ccccc2)c1. The minimum Gasteiger partial charge on any atom is -0.496 e. The van der Waals surface area contributed by atoms with E-state index in [1.807, 2.05) is 30.3 Å². The Hall–Kier alpha value is -3.12. The van der Waals surface area contributed by atoms with Crippen LogP contribution in [0.2, 0.25) is 0 Å². The maximum absolute atomic E-state index is 12.6. The minimum absolute atomic E-state index is 0.0778. The van der Waals surface area contributed by atoms with Crippen LogP contribution in [0, 0.1) is 0 Å². The molecule has 0 fully saturated rings. The van der Waals surface area contributed by atoms with Gasteiger partial charge in [0.1, 0.15) is 5.75 Å². The van der Waals surface area contributed by atoms with Crippen molar-refractivity contribution >= 4 is 39.1 Å². The molecule has 3 rings (SSSR count). The lowest BCUT2D eigenvalue weighted by Crippen LogP contribution is -2.15. The van der Waals surface area contributed by atoms with Gasteiger partial charge >= 0.3 is 0 Å². The van der Waals surface area contributed by atoms with Crippen LogP contribution in [0.1, 0.15) is 22.3 Å². The quantitative estimate of drug-likeness (QED) is 0.512. The zero-order valence-corrected chi connectivity index (χ0v) is 17.5. The third-order valence-corrected chi connectivity index (χ3v) is 4.79. The number of anilines is 2. The summed E-state index contributed by atoms with van der Waals surface area (Å²) in [6, 6.07) is 22.2. The lowest BCUT2D eigenvalue weighted by atomic mass is 10.1. The van der Waals surface area contributed by atoms with Gasteiger partial charge in [-0.3, -0.25) is 9.59 Å². The van der Waals surface area contributed by atoms with E-state index in [1.54, 1.807) is 42.5 Å². The molecule has 0 aliphatic heterocycles. The van der Waals surface area contributed by atoms with E-state index in [1.165, 1.54) is 7.11 Å². The number of nitrogens with one attached hydrogen (secondary N) is 2. The van der Waals surface area contributed by atoms with Crippen LogP contribution in [0.5, 0.6) is 5.75 Å². The standard InChI is InChI=1S/C23H21BrN2O3/c1-29-21-12-11-17(24)14-20(21)23(28)26-19-9-5-8-18(15-19)25-22(27)13-10-16-6-3-2-4-7-16/h2-9,11-12,14-15H,10,13H2,1H3,(H,25,27)(H,26,28). The Bertz CT molecular complexity index is 1010. The van der Waals surface area contributed by atoms with Crippen LogP contribution in [0.15, 0.2) is 77.3 Å². The largest absolute Gasteiger partial charge is 0.496 e. The van der Waals surface area contributed by atoms with Crippen molar-refractivity contribution in [3.63, 3.8) is 0 Å². The Labute approximate surface area is 178 Å². The highest BCUT2D eigenvalue weighted by Crippen LogP contribution is 2.24. The number of amides is 2. The van der Waals surface area contributed by atoms with Crippen molar-refractivity contribution in [2.45, 2.75) is 12.8 Å². The fraction of sp³-hybridized carbons (Fsp3) is 0.130. The number of carbonyl (C=O) groups excluding carboxylic acids is 2. The van der Waals surface area contributed by atoms with Crippen LogP contribution in [0.4, 0.5) is 11.4 Å². The lowest BCUT2D eigenvalue weighted by molar-refractivity contribution is -0.116. The normalized spacial score (nSPS) is 10.3. The van der Waals surface area contributed by atoms with Crippen molar-refractivity contribution in [1.29, 1.82) is 0 Å². The third-order valence-electron chi connectivity index (χ3n) is 4.29. The zero-order chi connectivity index (χ0) is 20.6. The number of carbonyl (C=O) groups is 2. The van der Waals surface area contributed by atoms with Crippen LogP contribution in [-0.4, -0.2) is 18.9 Å². The molecule has 0 aliphatic rings. The average Bonchev–Trinajstić information content (AvgIpc) is 2.73. The molecule has 0 heterocycles. The first-order valence-electron chi connectivity index (χ1n) is 9.14. The van der Waals surface area contributed by atoms with Gasteiger partial charge in [0.05, 0.1) is 12.7 Å². The summed E-state index contributed by atoms with van der Waals surface area (Å²) in [6.07, 6.45) is 1.06. The summed E-state index contributed by atoms with van der Waals surface area (Å²) in [5, 5.41) is 5.72. The summed E-state index contributed by atoms with van der Waals surface area (Å²) in [5.41, 5.74) is 2.74. The minimum atomic E-state index is -0.296. The van der Waals surface area contributed by atoms with Crippen molar-refractivity contribution in [2.75, 3.05) is 17.7 Å². The average molecular weight is 453 g/mol. The Morgan fingerprint density at radius 3 is 2.34 bits per heavy atom. The zero-order valence-electron chi connectivity index (χ0n) is 15.9. The van der Waals surface area contributed by atoms with Gasteiger partial charge in [0.2, 0.25) is 5.91 Å². The summed E-state index contributed by atoms with van der Waals surface area (Å²) < 4.78 is 6.04. The maximum atomic E-state index is 12.6. The van der Waals surface area contributed by atoms with Gasteiger partial charge in [-0.05, 0) is 48.4 Å². The molecule has 5 nitrogen and oxygen atoms in total. The molecule has 0 bridgehead atoms. The smallest absolute Gasteiger partial charge is 0.259 e. The second-order valence-corrected chi connectivity index (χ2v) is 7.33. The number of hydrogen-bond donors (Lipinski definition) is 2. The molecular weight excluding hydrogens is 432 g/mol. The van der Waals surface area contributed by atoms with E-state index in [2.05, 4.69) is 26.6 Å². The van der Waals surface area contributed by atoms with Crippen molar-refractivity contribution in [2.24, 2.45) is 0 Å². The highest BCUT2D eigenvalue weighted by molar-refractivity contribution is 9.10. The number of halogens is 1. The molecule has 0 saturated heterocycles. The van der Waals surface area contributed by atoms with Crippen molar-refractivity contribution < 1.29 is 14.3 Å². The number of hydrogen-bond acceptors (Lipinski definition) is 3. The first-order valence-corrected chi connectivity index (χ1v) is 9.93. The summed E-state index contributed by atoms with van der Waals surface area (Å²) in [5.74, 6) is 0.109. The summed E-state index contributed by atoms with van der Waals surface area (Å²) in [6.45, 7) is 0. The fourth-order valence-electron chi connectivity index (χ4n) is 2.86. The Balaban J connectivity index is 1.63. The second-order valence-electron chi connectivity index (χ2n) is 6.41. The summed E-state index contributed by atoms with van der Waals surface area (Å²) in [7, 11) is 1.52. The molecule has 148 valence electrons. The fourth-order valence-corrected chi connectivity index (χ4v) is 3.22. The molecule has 0 aliphatic carbocycles. The van der Waals surface area contributed by atoms with Gasteiger partial charge in [0.15, 0.2) is 0 Å². The van der Waals surface area contributed by atoms with Gasteiger partial charge in [0.25, 0.3) is 5.91 Å². The van der Waals surface area contributed by atoms with E-state index in [0.717, 1.165) is 10.0 Å². The monoisotopic (exact) mass is 452 g/mol. The predicted octanol–water partition coefficient (Wildman–Crippen LogP) is 5.28. The number of methoxy groups -OCH3 is 1. The third kappa shape index (κ3) is 5.93. The van der Waals surface area contributed by atoms with E-state index in [4.69, 9.17) is 4.74 Å². The summed E-state index contributed by atoms with van der Waals surface area (Å²) in [4.78, 5) is 24.9. The van der Waals surface area contributed by atoms with E-state index >= 15 is 0 Å². The van der Waals surface area contributed by atoms with E-state index < -0.39 is 0 Å². The van der Waals surface area contributed by atoms with Gasteiger partial charge < -0.3 is 15.4 Å². The number of benzene rings is 3. The molecule has 2 N–H and O–H groups in total. The molecule has 3 aromatic carbocycles. The van der Waals surface area contributed by atoms with E-state index in [0.29, 0.717) is 35.5 Å². The Morgan fingerprint density at radius 2 is 1.62 bits per heavy atom. The lowest BCUT2D eigenvalue weighted by Gasteiger charge is -2.11. The molecule has 0 saturated carbocycles. The topological polar surface area (TPSA) is 67.4 Å². The van der Waals surface area contributed by atoms with Crippen molar-refractivity contribution in [3.05, 3.63) is 88.4 Å². The first kappa shape index (κ1) is 20.6. The Morgan fingerprint density at radius 1 is 0.897 bits per heavy atom. The molecule has 0 aromatic heterocycles. The van der Waals surface area contributed by atoms with Crippen LogP contribution in [-0.2, 0) is 11.2 Å². The highest BCUT2D eigenvalue weighted by Gasteiger charge is 2.13. The number of aryl methyl sites for hydroxylation is 1. The van der Waals surface area contributed by atoms with Crippen LogP contribution >= 0.6 is 15.9 Å². The van der Waals surface area contributed by atoms with Crippen molar-refractivity contribution in [1.82, 2.24) is 0 Å². The molecule has 3 aromatic rings. The molecule has 0 radical (unpaired) electrons. The second kappa shape index (κ2) is 9.89. The predicted molar refractivity (Wildman–Crippen MR) is 118 cm³/mol. The van der Waals surface area contributed by atoms with Gasteiger partial charge in [-0.2, -0.15) is 0 Å². The molecule has 29 heavy (non-hydrogen) atoms. The van der Waals surface area contributed by atoms with Gasteiger partial charge in [-0.1, -0.05) is 52.3 Å². The van der Waals surface area contributed by atoms with E-state index in [9.17, 15) is 9.59 Å².